The van der Waals surface area contributed by atoms with Crippen LogP contribution in [-0.2, 0) is 20.9 Å². The van der Waals surface area contributed by atoms with Gasteiger partial charge in [0.25, 0.3) is 0 Å². The van der Waals surface area contributed by atoms with Crippen molar-refractivity contribution in [1.29, 1.82) is 0 Å². The molecule has 3 atom stereocenters. The van der Waals surface area contributed by atoms with Gasteiger partial charge in [-0.1, -0.05) is 26.0 Å². The number of benzene rings is 1. The molecule has 2 saturated heterocycles. The summed E-state index contributed by atoms with van der Waals surface area (Å²) < 4.78 is 5.81. The molecule has 2 amide bonds. The average Bonchev–Trinajstić information content (AvgIpc) is 3.05. The zero-order valence-electron chi connectivity index (χ0n) is 17.5. The maximum Gasteiger partial charge on any atom is 0.237 e. The number of ether oxygens (including phenoxy) is 1. The van der Waals surface area contributed by atoms with Gasteiger partial charge in [0.05, 0.1) is 18.2 Å². The van der Waals surface area contributed by atoms with Crippen LogP contribution in [0.3, 0.4) is 0 Å². The second-order valence-electron chi connectivity index (χ2n) is 8.43. The predicted octanol–water partition coefficient (Wildman–Crippen LogP) is 2.56. The van der Waals surface area contributed by atoms with E-state index in [9.17, 15) is 9.59 Å². The van der Waals surface area contributed by atoms with Crippen LogP contribution in [0.1, 0.15) is 46.1 Å². The lowest BCUT2D eigenvalue weighted by Crippen LogP contribution is -2.56. The summed E-state index contributed by atoms with van der Waals surface area (Å²) >= 11 is 0. The van der Waals surface area contributed by atoms with E-state index in [1.54, 1.807) is 0 Å². The minimum Gasteiger partial charge on any atom is -0.373 e. The van der Waals surface area contributed by atoms with Gasteiger partial charge in [-0.15, -0.1) is 0 Å². The second-order valence-corrected chi connectivity index (χ2v) is 8.43. The number of rotatable bonds is 6. The van der Waals surface area contributed by atoms with Crippen molar-refractivity contribution in [2.45, 2.75) is 65.3 Å². The Labute approximate surface area is 168 Å². The van der Waals surface area contributed by atoms with Gasteiger partial charge in [0.1, 0.15) is 0 Å². The number of nitrogens with zero attached hydrogens (tertiary/aromatic N) is 2. The quantitative estimate of drug-likeness (QED) is 0.815. The number of carbonyl (C=O) groups is 2. The predicted molar refractivity (Wildman–Crippen MR) is 110 cm³/mol. The van der Waals surface area contributed by atoms with Crippen molar-refractivity contribution in [2.24, 2.45) is 5.92 Å². The summed E-state index contributed by atoms with van der Waals surface area (Å²) in [5.74, 6) is 0.478. The van der Waals surface area contributed by atoms with E-state index in [1.165, 1.54) is 0 Å². The number of amides is 2. The number of hydrogen-bond donors (Lipinski definition) is 1. The van der Waals surface area contributed by atoms with Gasteiger partial charge in [0.15, 0.2) is 0 Å². The SMILES string of the molecule is CC1CN(C(C(=O)NCc2ccc(N3CCCC3=O)cc2)C(C)C)CC(C)O1. The third kappa shape index (κ3) is 4.92. The summed E-state index contributed by atoms with van der Waals surface area (Å²) in [6.45, 7) is 11.1. The molecule has 0 aliphatic carbocycles. The molecule has 3 rings (SSSR count). The highest BCUT2D eigenvalue weighted by atomic mass is 16.5. The smallest absolute Gasteiger partial charge is 0.237 e. The lowest BCUT2D eigenvalue weighted by Gasteiger charge is -2.41. The minimum absolute atomic E-state index is 0.0649. The normalized spacial score (nSPS) is 24.6. The van der Waals surface area contributed by atoms with E-state index >= 15 is 0 Å². The first-order chi connectivity index (χ1) is 13.3. The van der Waals surface area contributed by atoms with Crippen molar-refractivity contribution in [2.75, 3.05) is 24.5 Å². The van der Waals surface area contributed by atoms with Crippen LogP contribution in [-0.4, -0.2) is 54.6 Å². The zero-order chi connectivity index (χ0) is 20.3. The summed E-state index contributed by atoms with van der Waals surface area (Å²) in [6, 6.07) is 7.76. The van der Waals surface area contributed by atoms with Crippen molar-refractivity contribution in [3.63, 3.8) is 0 Å². The van der Waals surface area contributed by atoms with Gasteiger partial charge in [0.2, 0.25) is 11.8 Å². The second kappa shape index (κ2) is 9.05. The molecule has 0 aromatic heterocycles. The molecule has 1 aromatic rings. The van der Waals surface area contributed by atoms with Crippen LogP contribution >= 0.6 is 0 Å². The molecule has 1 aromatic carbocycles. The Kier molecular flexibility index (Phi) is 6.73. The van der Waals surface area contributed by atoms with Crippen LogP contribution in [0, 0.1) is 5.92 Å². The summed E-state index contributed by atoms with van der Waals surface area (Å²) in [4.78, 5) is 28.9. The molecule has 0 bridgehead atoms. The first-order valence-electron chi connectivity index (χ1n) is 10.4. The third-order valence-electron chi connectivity index (χ3n) is 5.53. The largest absolute Gasteiger partial charge is 0.373 e. The van der Waals surface area contributed by atoms with Crippen LogP contribution in [0.25, 0.3) is 0 Å². The summed E-state index contributed by atoms with van der Waals surface area (Å²) in [5.41, 5.74) is 1.98. The Morgan fingerprint density at radius 2 is 1.82 bits per heavy atom. The van der Waals surface area contributed by atoms with Crippen LogP contribution in [0.2, 0.25) is 0 Å². The van der Waals surface area contributed by atoms with Crippen molar-refractivity contribution < 1.29 is 14.3 Å². The summed E-state index contributed by atoms with van der Waals surface area (Å²) in [7, 11) is 0. The van der Waals surface area contributed by atoms with Crippen LogP contribution in [0.5, 0.6) is 0 Å². The molecular weight excluding hydrogens is 354 g/mol. The number of carbonyl (C=O) groups excluding carboxylic acids is 2. The van der Waals surface area contributed by atoms with Crippen molar-refractivity contribution >= 4 is 17.5 Å². The molecule has 0 radical (unpaired) electrons. The molecule has 1 N–H and O–H groups in total. The fourth-order valence-electron chi connectivity index (χ4n) is 4.34. The lowest BCUT2D eigenvalue weighted by molar-refractivity contribution is -0.135. The third-order valence-corrected chi connectivity index (χ3v) is 5.53. The van der Waals surface area contributed by atoms with E-state index in [0.29, 0.717) is 13.0 Å². The molecule has 2 heterocycles. The molecule has 6 heteroatoms. The summed E-state index contributed by atoms with van der Waals surface area (Å²) in [6.07, 6.45) is 1.83. The van der Waals surface area contributed by atoms with E-state index in [-0.39, 0.29) is 36.0 Å². The van der Waals surface area contributed by atoms with E-state index in [1.807, 2.05) is 29.2 Å². The molecule has 28 heavy (non-hydrogen) atoms. The van der Waals surface area contributed by atoms with Gasteiger partial charge in [-0.2, -0.15) is 0 Å². The van der Waals surface area contributed by atoms with Gasteiger partial charge < -0.3 is 15.0 Å². The Morgan fingerprint density at radius 3 is 2.36 bits per heavy atom. The van der Waals surface area contributed by atoms with E-state index < -0.39 is 0 Å². The molecule has 0 spiro atoms. The van der Waals surface area contributed by atoms with Crippen molar-refractivity contribution in [3.8, 4) is 0 Å². The van der Waals surface area contributed by atoms with Crippen molar-refractivity contribution in [1.82, 2.24) is 10.2 Å². The Morgan fingerprint density at radius 1 is 1.18 bits per heavy atom. The standard InChI is InChI=1S/C22H33N3O3/c1-15(2)21(24-13-16(3)28-17(4)14-24)22(27)23-12-18-7-9-19(10-8-18)25-11-5-6-20(25)26/h7-10,15-17,21H,5-6,11-14H2,1-4H3,(H,23,27). The molecule has 6 nitrogen and oxygen atoms in total. The average molecular weight is 388 g/mol. The van der Waals surface area contributed by atoms with Gasteiger partial charge in [0, 0.05) is 38.3 Å². The van der Waals surface area contributed by atoms with Gasteiger partial charge in [-0.25, -0.2) is 0 Å². The molecular formula is C22H33N3O3. The highest BCUT2D eigenvalue weighted by molar-refractivity contribution is 5.95. The Hall–Kier alpha value is -1.92. The molecule has 0 saturated carbocycles. The van der Waals surface area contributed by atoms with Crippen LogP contribution in [0.4, 0.5) is 5.69 Å². The van der Waals surface area contributed by atoms with Crippen molar-refractivity contribution in [3.05, 3.63) is 29.8 Å². The minimum atomic E-state index is -0.157. The molecule has 2 aliphatic rings. The van der Waals surface area contributed by atoms with Crippen LogP contribution in [0.15, 0.2) is 24.3 Å². The Balaban J connectivity index is 1.59. The monoisotopic (exact) mass is 387 g/mol. The summed E-state index contributed by atoms with van der Waals surface area (Å²) in [5, 5.41) is 3.10. The number of nitrogens with one attached hydrogen (secondary N) is 1. The molecule has 154 valence electrons. The van der Waals surface area contributed by atoms with E-state index in [2.05, 4.69) is 37.9 Å². The van der Waals surface area contributed by atoms with Gasteiger partial charge >= 0.3 is 0 Å². The first-order valence-corrected chi connectivity index (χ1v) is 10.4. The first kappa shape index (κ1) is 20.8. The fourth-order valence-corrected chi connectivity index (χ4v) is 4.34. The highest BCUT2D eigenvalue weighted by Gasteiger charge is 2.34. The number of hydrogen-bond acceptors (Lipinski definition) is 4. The van der Waals surface area contributed by atoms with Gasteiger partial charge in [-0.3, -0.25) is 14.5 Å². The van der Waals surface area contributed by atoms with Crippen LogP contribution < -0.4 is 10.2 Å². The zero-order valence-corrected chi connectivity index (χ0v) is 17.5. The lowest BCUT2D eigenvalue weighted by atomic mass is 9.99. The number of anilines is 1. The van der Waals surface area contributed by atoms with E-state index in [4.69, 9.17) is 4.74 Å². The molecule has 3 unspecified atom stereocenters. The molecule has 2 fully saturated rings. The highest BCUT2D eigenvalue weighted by Crippen LogP contribution is 2.22. The molecule has 2 aliphatic heterocycles. The Bertz CT molecular complexity index is 679. The number of morpholine rings is 1. The fraction of sp³-hybridized carbons (Fsp3) is 0.636. The maximum absolute atomic E-state index is 12.9. The van der Waals surface area contributed by atoms with Gasteiger partial charge in [-0.05, 0) is 43.9 Å². The maximum atomic E-state index is 12.9. The topological polar surface area (TPSA) is 61.9 Å². The van der Waals surface area contributed by atoms with E-state index in [0.717, 1.165) is 37.3 Å².